The van der Waals surface area contributed by atoms with Crippen molar-refractivity contribution in [1.82, 2.24) is 0 Å². The van der Waals surface area contributed by atoms with Crippen LogP contribution in [-0.2, 0) is 0 Å². The molecule has 0 aliphatic rings. The minimum atomic E-state index is -4.94. The van der Waals surface area contributed by atoms with Gasteiger partial charge in [-0.1, -0.05) is 18.2 Å². The molecule has 70 valence electrons. The van der Waals surface area contributed by atoms with Crippen molar-refractivity contribution in [2.75, 3.05) is 0 Å². The van der Waals surface area contributed by atoms with Crippen molar-refractivity contribution in [1.29, 1.82) is 5.39 Å². The minimum absolute atomic E-state index is 0.590. The molecule has 13 heavy (non-hydrogen) atoms. The van der Waals surface area contributed by atoms with Crippen LogP contribution in [-0.4, -0.2) is 0 Å². The third-order valence-corrected chi connectivity index (χ3v) is 0.872. The first-order valence-corrected chi connectivity index (χ1v) is 4.19. The van der Waals surface area contributed by atoms with Crippen LogP contribution in [0.3, 0.4) is 0 Å². The Labute approximate surface area is 76.0 Å². The van der Waals surface area contributed by atoms with E-state index in [0.29, 0.717) is 5.69 Å². The molecule has 0 spiro atoms. The second kappa shape index (κ2) is 5.42. The van der Waals surface area contributed by atoms with Crippen LogP contribution in [0.4, 0.5) is 5.69 Å². The Kier molecular flexibility index (Phi) is 4.91. The van der Waals surface area contributed by atoms with Gasteiger partial charge in [0.25, 0.3) is 0 Å². The van der Waals surface area contributed by atoms with Crippen molar-refractivity contribution < 1.29 is 28.9 Å². The first-order chi connectivity index (χ1) is 5.93. The van der Waals surface area contributed by atoms with E-state index in [2.05, 4.69) is 4.98 Å². The van der Waals surface area contributed by atoms with Crippen molar-refractivity contribution in [3.63, 3.8) is 0 Å². The molecule has 0 atom stereocenters. The maximum atomic E-state index is 8.49. The summed E-state index contributed by atoms with van der Waals surface area (Å²) in [6.45, 7) is 0. The summed E-state index contributed by atoms with van der Waals surface area (Å²) >= 11 is 0. The van der Waals surface area contributed by atoms with Gasteiger partial charge in [0.1, 0.15) is 0 Å². The third-order valence-electron chi connectivity index (χ3n) is 0.872. The fourth-order valence-electron chi connectivity index (χ4n) is 0.495. The zero-order valence-electron chi connectivity index (χ0n) is 6.29. The topological polar surface area (TPSA) is 120 Å². The maximum absolute atomic E-state index is 8.49. The van der Waals surface area contributed by atoms with Crippen molar-refractivity contribution in [3.8, 4) is 0 Å². The van der Waals surface area contributed by atoms with E-state index in [4.69, 9.17) is 24.0 Å². The molecule has 0 aromatic heterocycles. The Hall–Kier alpha value is -1.23. The van der Waals surface area contributed by atoms with Gasteiger partial charge in [0.2, 0.25) is 5.39 Å². The van der Waals surface area contributed by atoms with E-state index in [9.17, 15) is 0 Å². The first-order valence-electron chi connectivity index (χ1n) is 2.95. The lowest BCUT2D eigenvalue weighted by atomic mass is 10.3. The average Bonchev–Trinajstić information content (AvgIpc) is 2.03. The second-order valence-electron chi connectivity index (χ2n) is 1.81. The molecule has 6 nitrogen and oxygen atoms in total. The predicted molar refractivity (Wildman–Crippen MR) is 31.2 cm³/mol. The molecule has 0 saturated carbocycles. The third kappa shape index (κ3) is 10.8. The van der Waals surface area contributed by atoms with Crippen LogP contribution in [0, 0.1) is 15.6 Å². The predicted octanol–water partition coefficient (Wildman–Crippen LogP) is -2.58. The summed E-state index contributed by atoms with van der Waals surface area (Å²) in [5.41, 5.74) is 0.590. The standard InChI is InChI=1S/C6H5N2.ClHO4/c7-8-6-4-2-1-3-5-6;2-1(3,4)5/h1-5H;(H,2,3,4,5)/q+1;/p-1. The molecule has 0 aliphatic carbocycles. The van der Waals surface area contributed by atoms with E-state index in [1.807, 2.05) is 18.2 Å². The van der Waals surface area contributed by atoms with Crippen LogP contribution in [0.2, 0.25) is 0 Å². The smallest absolute Gasteiger partial charge is 0.222 e. The Morgan fingerprint density at radius 2 is 1.38 bits per heavy atom. The Morgan fingerprint density at radius 1 is 1.00 bits per heavy atom. The van der Waals surface area contributed by atoms with Gasteiger partial charge >= 0.3 is 5.69 Å². The molecule has 0 bridgehead atoms. The van der Waals surface area contributed by atoms with Crippen LogP contribution in [0.5, 0.6) is 0 Å². The average molecular weight is 205 g/mol. The fraction of sp³-hybridized carbons (Fsp3) is 0. The molecule has 7 heteroatoms. The molecule has 0 unspecified atom stereocenters. The molecule has 1 rings (SSSR count). The van der Waals surface area contributed by atoms with Gasteiger partial charge in [-0.15, -0.1) is 10.2 Å². The van der Waals surface area contributed by atoms with Crippen LogP contribution in [0.25, 0.3) is 4.98 Å². The van der Waals surface area contributed by atoms with Gasteiger partial charge in [-0.25, -0.2) is 18.6 Å². The highest BCUT2D eigenvalue weighted by molar-refractivity contribution is 5.42. The SMILES string of the molecule is N#[N+]c1ccccc1.[O-][Cl+3]([O-])([O-])[O-]. The molecule has 0 heterocycles. The largest absolute Gasteiger partial charge is 0.385 e. The summed E-state index contributed by atoms with van der Waals surface area (Å²) in [5, 5.41) is 8.16. The van der Waals surface area contributed by atoms with Gasteiger partial charge in [-0.05, 0) is 0 Å². The van der Waals surface area contributed by atoms with Crippen molar-refractivity contribution in [3.05, 3.63) is 35.3 Å². The summed E-state index contributed by atoms with van der Waals surface area (Å²) in [6.07, 6.45) is 0. The number of rotatable bonds is 0. The van der Waals surface area contributed by atoms with Crippen LogP contribution >= 0.6 is 0 Å². The van der Waals surface area contributed by atoms with Gasteiger partial charge in [-0.3, -0.25) is 0 Å². The first kappa shape index (κ1) is 11.8. The van der Waals surface area contributed by atoms with E-state index in [-0.39, 0.29) is 0 Å². The van der Waals surface area contributed by atoms with Crippen molar-refractivity contribution >= 4 is 5.69 Å². The van der Waals surface area contributed by atoms with Gasteiger partial charge in [0, 0.05) is 12.1 Å². The second-order valence-corrected chi connectivity index (χ2v) is 2.57. The van der Waals surface area contributed by atoms with Gasteiger partial charge in [0.15, 0.2) is 4.98 Å². The van der Waals surface area contributed by atoms with E-state index < -0.39 is 10.2 Å². The maximum Gasteiger partial charge on any atom is 0.385 e. The highest BCUT2D eigenvalue weighted by Crippen LogP contribution is 2.07. The quantitative estimate of drug-likeness (QED) is 0.430. The molecule has 0 amide bonds. The Balaban J connectivity index is 0.000000252. The van der Waals surface area contributed by atoms with E-state index in [1.165, 1.54) is 0 Å². The summed E-state index contributed by atoms with van der Waals surface area (Å²) in [4.78, 5) is 2.97. The molecular formula is C6H5ClN2O4. The van der Waals surface area contributed by atoms with Gasteiger partial charge in [-0.2, -0.15) is 0 Å². The lowest BCUT2D eigenvalue weighted by Gasteiger charge is -2.17. The van der Waals surface area contributed by atoms with Crippen molar-refractivity contribution in [2.45, 2.75) is 0 Å². The number of benzene rings is 1. The molecule has 0 saturated heterocycles. The number of hydrogen-bond donors (Lipinski definition) is 0. The van der Waals surface area contributed by atoms with Gasteiger partial charge in [0.05, 0.1) is 0 Å². The monoisotopic (exact) mass is 204 g/mol. The zero-order valence-corrected chi connectivity index (χ0v) is 7.05. The highest BCUT2D eigenvalue weighted by Gasteiger charge is 1.95. The summed E-state index contributed by atoms with van der Waals surface area (Å²) in [7, 11) is -4.94. The molecule has 0 N–H and O–H groups in total. The number of diazo groups is 1. The van der Waals surface area contributed by atoms with Crippen LogP contribution < -0.4 is 18.6 Å². The fourth-order valence-corrected chi connectivity index (χ4v) is 0.495. The number of nitrogens with zero attached hydrogens (tertiary/aromatic N) is 2. The Morgan fingerprint density at radius 3 is 1.62 bits per heavy atom. The van der Waals surface area contributed by atoms with Gasteiger partial charge < -0.3 is 0 Å². The summed E-state index contributed by atoms with van der Waals surface area (Å²) < 4.78 is 34.0. The highest BCUT2D eigenvalue weighted by atomic mass is 35.7. The van der Waals surface area contributed by atoms with E-state index in [0.717, 1.165) is 0 Å². The molecule has 1 aromatic carbocycles. The zero-order chi connectivity index (χ0) is 10.3. The number of halogens is 1. The lowest BCUT2D eigenvalue weighted by molar-refractivity contribution is -2.00. The Bertz CT molecular complexity index is 273. The van der Waals surface area contributed by atoms with Crippen LogP contribution in [0.15, 0.2) is 30.3 Å². The van der Waals surface area contributed by atoms with Crippen LogP contribution in [0.1, 0.15) is 0 Å². The van der Waals surface area contributed by atoms with Crippen molar-refractivity contribution in [2.24, 2.45) is 0 Å². The van der Waals surface area contributed by atoms with E-state index >= 15 is 0 Å². The lowest BCUT2D eigenvalue weighted by Crippen LogP contribution is -2.68. The molecule has 1 aromatic rings. The number of hydrogen-bond acceptors (Lipinski definition) is 5. The minimum Gasteiger partial charge on any atom is -0.222 e. The summed E-state index contributed by atoms with van der Waals surface area (Å²) in [6, 6.07) is 8.94. The molecular weight excluding hydrogens is 200 g/mol. The molecule has 0 fully saturated rings. The summed E-state index contributed by atoms with van der Waals surface area (Å²) in [5.74, 6) is 0. The normalized spacial score (nSPS) is 9.46. The van der Waals surface area contributed by atoms with E-state index in [1.54, 1.807) is 12.1 Å². The molecule has 0 aliphatic heterocycles. The molecule has 0 radical (unpaired) electrons.